The molecule has 4 rings (SSSR count). The highest BCUT2D eigenvalue weighted by Gasteiger charge is 2.47. The minimum Gasteiger partial charge on any atom is -0.507 e. The number of carbonyl (C=O) groups is 2. The van der Waals surface area contributed by atoms with Crippen LogP contribution in [0.25, 0.3) is 5.76 Å². The van der Waals surface area contributed by atoms with Gasteiger partial charge in [0.05, 0.1) is 23.2 Å². The first-order chi connectivity index (χ1) is 15.8. The molecule has 1 atom stereocenters. The Balaban J connectivity index is 1.95. The van der Waals surface area contributed by atoms with Crippen LogP contribution in [0.2, 0.25) is 10.0 Å². The molecule has 1 fully saturated rings. The highest BCUT2D eigenvalue weighted by molar-refractivity contribution is 6.52. The summed E-state index contributed by atoms with van der Waals surface area (Å²) in [5.41, 5.74) is 1.01. The van der Waals surface area contributed by atoms with Gasteiger partial charge >= 0.3 is 0 Å². The molecule has 1 aliphatic rings. The Bertz CT molecular complexity index is 1290. The predicted octanol–water partition coefficient (Wildman–Crippen LogP) is 5.72. The van der Waals surface area contributed by atoms with Crippen LogP contribution in [0.5, 0.6) is 11.5 Å². The molecule has 0 spiro atoms. The van der Waals surface area contributed by atoms with Gasteiger partial charge in [-0.2, -0.15) is 0 Å². The van der Waals surface area contributed by atoms with Gasteiger partial charge in [0.25, 0.3) is 11.7 Å². The number of ketones is 1. The van der Waals surface area contributed by atoms with Crippen molar-refractivity contribution in [1.82, 2.24) is 0 Å². The van der Waals surface area contributed by atoms with Crippen molar-refractivity contribution < 1.29 is 24.5 Å². The second-order valence-electron chi connectivity index (χ2n) is 7.32. The van der Waals surface area contributed by atoms with Crippen molar-refractivity contribution in [2.24, 2.45) is 0 Å². The number of anilines is 1. The molecule has 168 valence electrons. The van der Waals surface area contributed by atoms with Gasteiger partial charge in [0, 0.05) is 16.3 Å². The lowest BCUT2D eigenvalue weighted by Crippen LogP contribution is -2.29. The smallest absolute Gasteiger partial charge is 0.300 e. The molecular weight excluding hydrogens is 465 g/mol. The third-order valence-electron chi connectivity index (χ3n) is 5.24. The third kappa shape index (κ3) is 4.27. The number of aromatic hydroxyl groups is 1. The van der Waals surface area contributed by atoms with Crippen LogP contribution in [-0.4, -0.2) is 28.5 Å². The Morgan fingerprint density at radius 3 is 2.48 bits per heavy atom. The highest BCUT2D eigenvalue weighted by atomic mass is 35.5. The fourth-order valence-corrected chi connectivity index (χ4v) is 4.16. The number of aliphatic hydroxyl groups is 1. The summed E-state index contributed by atoms with van der Waals surface area (Å²) < 4.78 is 5.50. The average Bonchev–Trinajstić information content (AvgIpc) is 3.06. The second-order valence-corrected chi connectivity index (χ2v) is 8.16. The minimum absolute atomic E-state index is 0.0440. The SMILES string of the molecule is CCOc1cccc(/C(O)=C2/C(=O)C(=O)N(c3cccc(Cl)c3)C2c2ccc(O)c(Cl)c2)c1. The zero-order valence-electron chi connectivity index (χ0n) is 17.5. The molecule has 1 amide bonds. The van der Waals surface area contributed by atoms with Crippen molar-refractivity contribution in [1.29, 1.82) is 0 Å². The van der Waals surface area contributed by atoms with Crippen LogP contribution in [-0.2, 0) is 9.59 Å². The molecule has 0 radical (unpaired) electrons. The monoisotopic (exact) mass is 483 g/mol. The molecule has 8 heteroatoms. The number of phenols is 1. The van der Waals surface area contributed by atoms with E-state index in [2.05, 4.69) is 0 Å². The first-order valence-electron chi connectivity index (χ1n) is 10.1. The number of ether oxygens (including phenoxy) is 1. The number of aliphatic hydroxyl groups excluding tert-OH is 1. The summed E-state index contributed by atoms with van der Waals surface area (Å²) in [6.45, 7) is 2.26. The van der Waals surface area contributed by atoms with Gasteiger partial charge in [-0.05, 0) is 55.0 Å². The van der Waals surface area contributed by atoms with E-state index < -0.39 is 17.7 Å². The minimum atomic E-state index is -1.00. The normalized spacial score (nSPS) is 17.4. The molecule has 3 aromatic rings. The standard InChI is InChI=1S/C25H19Cl2NO5/c1-2-33-18-8-3-5-15(11-18)23(30)21-22(14-9-10-20(29)19(27)12-14)28(25(32)24(21)31)17-7-4-6-16(26)13-17/h3-13,22,29-30H,2H2,1H3/b23-21-. The summed E-state index contributed by atoms with van der Waals surface area (Å²) >= 11 is 12.3. The Hall–Kier alpha value is -3.48. The average molecular weight is 484 g/mol. The van der Waals surface area contributed by atoms with E-state index in [1.807, 2.05) is 6.92 Å². The first-order valence-corrected chi connectivity index (χ1v) is 10.9. The molecule has 0 aromatic heterocycles. The van der Waals surface area contributed by atoms with Crippen LogP contribution in [0, 0.1) is 0 Å². The number of hydrogen-bond acceptors (Lipinski definition) is 5. The number of phenolic OH excluding ortho intramolecular Hbond substituents is 1. The van der Waals surface area contributed by atoms with Crippen LogP contribution in [0.15, 0.2) is 72.3 Å². The molecule has 3 aromatic carbocycles. The van der Waals surface area contributed by atoms with Gasteiger partial charge in [0.2, 0.25) is 0 Å². The summed E-state index contributed by atoms with van der Waals surface area (Å²) in [5.74, 6) is -1.68. The number of amides is 1. The maximum atomic E-state index is 13.2. The first kappa shape index (κ1) is 22.7. The summed E-state index contributed by atoms with van der Waals surface area (Å²) in [7, 11) is 0. The summed E-state index contributed by atoms with van der Waals surface area (Å²) in [5, 5.41) is 21.5. The topological polar surface area (TPSA) is 87.1 Å². The molecule has 1 saturated heterocycles. The van der Waals surface area contributed by atoms with Crippen LogP contribution < -0.4 is 9.64 Å². The van der Waals surface area contributed by atoms with E-state index >= 15 is 0 Å². The number of benzene rings is 3. The molecule has 0 bridgehead atoms. The zero-order valence-corrected chi connectivity index (χ0v) is 19.0. The molecule has 33 heavy (non-hydrogen) atoms. The molecular formula is C25H19Cl2NO5. The molecule has 0 saturated carbocycles. The van der Waals surface area contributed by atoms with Crippen molar-refractivity contribution in [3.63, 3.8) is 0 Å². The molecule has 0 aliphatic carbocycles. The Labute approximate surface area is 200 Å². The predicted molar refractivity (Wildman–Crippen MR) is 127 cm³/mol. The Morgan fingerprint density at radius 2 is 1.79 bits per heavy atom. The third-order valence-corrected chi connectivity index (χ3v) is 5.77. The van der Waals surface area contributed by atoms with Gasteiger partial charge in [0.15, 0.2) is 0 Å². The fraction of sp³-hybridized carbons (Fsp3) is 0.120. The van der Waals surface area contributed by atoms with Crippen molar-refractivity contribution >= 4 is 46.3 Å². The van der Waals surface area contributed by atoms with E-state index in [0.29, 0.717) is 34.2 Å². The lowest BCUT2D eigenvalue weighted by molar-refractivity contribution is -0.132. The molecule has 6 nitrogen and oxygen atoms in total. The van der Waals surface area contributed by atoms with Crippen LogP contribution in [0.1, 0.15) is 24.1 Å². The van der Waals surface area contributed by atoms with Gasteiger partial charge < -0.3 is 14.9 Å². The van der Waals surface area contributed by atoms with E-state index in [0.717, 1.165) is 0 Å². The number of carbonyl (C=O) groups excluding carboxylic acids is 2. The number of nitrogens with zero attached hydrogens (tertiary/aromatic N) is 1. The maximum absolute atomic E-state index is 13.2. The van der Waals surface area contributed by atoms with E-state index in [-0.39, 0.29) is 22.1 Å². The summed E-state index contributed by atoms with van der Waals surface area (Å²) in [6.07, 6.45) is 0. The summed E-state index contributed by atoms with van der Waals surface area (Å²) in [6, 6.07) is 16.5. The van der Waals surface area contributed by atoms with E-state index in [4.69, 9.17) is 27.9 Å². The van der Waals surface area contributed by atoms with Gasteiger partial charge in [0.1, 0.15) is 17.3 Å². The second kappa shape index (κ2) is 9.17. The maximum Gasteiger partial charge on any atom is 0.300 e. The molecule has 1 aliphatic heterocycles. The number of halogens is 2. The fourth-order valence-electron chi connectivity index (χ4n) is 3.79. The number of rotatable bonds is 5. The zero-order chi connectivity index (χ0) is 23.7. The molecule has 1 unspecified atom stereocenters. The lowest BCUT2D eigenvalue weighted by Gasteiger charge is -2.26. The van der Waals surface area contributed by atoms with Gasteiger partial charge in [-0.1, -0.05) is 47.5 Å². The van der Waals surface area contributed by atoms with Crippen LogP contribution >= 0.6 is 23.2 Å². The largest absolute Gasteiger partial charge is 0.507 e. The van der Waals surface area contributed by atoms with Crippen LogP contribution in [0.3, 0.4) is 0 Å². The van der Waals surface area contributed by atoms with E-state index in [1.165, 1.54) is 17.0 Å². The number of hydrogen-bond donors (Lipinski definition) is 2. The molecule has 2 N–H and O–H groups in total. The quantitative estimate of drug-likeness (QED) is 0.275. The van der Waals surface area contributed by atoms with Crippen molar-refractivity contribution in [3.8, 4) is 11.5 Å². The van der Waals surface area contributed by atoms with Crippen molar-refractivity contribution in [2.45, 2.75) is 13.0 Å². The lowest BCUT2D eigenvalue weighted by atomic mass is 9.95. The Kier molecular flexibility index (Phi) is 6.31. The summed E-state index contributed by atoms with van der Waals surface area (Å²) in [4.78, 5) is 27.6. The van der Waals surface area contributed by atoms with Gasteiger partial charge in [-0.25, -0.2) is 0 Å². The molecule has 1 heterocycles. The van der Waals surface area contributed by atoms with Gasteiger partial charge in [-0.15, -0.1) is 0 Å². The van der Waals surface area contributed by atoms with Gasteiger partial charge in [-0.3, -0.25) is 14.5 Å². The van der Waals surface area contributed by atoms with Crippen molar-refractivity contribution in [3.05, 3.63) is 93.5 Å². The Morgan fingerprint density at radius 1 is 1.03 bits per heavy atom. The van der Waals surface area contributed by atoms with Crippen molar-refractivity contribution in [2.75, 3.05) is 11.5 Å². The van der Waals surface area contributed by atoms with Crippen LogP contribution in [0.4, 0.5) is 5.69 Å². The van der Waals surface area contributed by atoms with E-state index in [1.54, 1.807) is 54.6 Å². The van der Waals surface area contributed by atoms with E-state index in [9.17, 15) is 19.8 Å². The number of Topliss-reactive ketones (excluding diaryl/α,β-unsaturated/α-hetero) is 1. The highest BCUT2D eigenvalue weighted by Crippen LogP contribution is 2.44.